The predicted octanol–water partition coefficient (Wildman–Crippen LogP) is 4.35. The van der Waals surface area contributed by atoms with Gasteiger partial charge in [0.2, 0.25) is 0 Å². The van der Waals surface area contributed by atoms with Crippen molar-refractivity contribution in [1.29, 1.82) is 0 Å². The van der Waals surface area contributed by atoms with Crippen molar-refractivity contribution >= 4 is 5.69 Å². The molecule has 2 aromatic carbocycles. The largest absolute Gasteiger partial charge is 0.497 e. The van der Waals surface area contributed by atoms with Gasteiger partial charge in [-0.05, 0) is 60.7 Å². The number of hydrogen-bond donors (Lipinski definition) is 1. The van der Waals surface area contributed by atoms with Gasteiger partial charge in [0.05, 0.1) is 24.2 Å². The number of rotatable bonds is 5. The fraction of sp³-hybridized carbons (Fsp3) is 0.192. The lowest BCUT2D eigenvalue weighted by Gasteiger charge is -2.27. The second kappa shape index (κ2) is 8.77. The van der Waals surface area contributed by atoms with E-state index < -0.39 is 0 Å². The molecule has 6 nitrogen and oxygen atoms in total. The fourth-order valence-corrected chi connectivity index (χ4v) is 4.00. The first-order chi connectivity index (χ1) is 15.7. The molecular formula is C26H25N5O. The molecule has 0 saturated heterocycles. The third kappa shape index (κ3) is 4.31. The number of methoxy groups -OCH3 is 1. The van der Waals surface area contributed by atoms with Gasteiger partial charge < -0.3 is 10.5 Å². The van der Waals surface area contributed by atoms with Crippen LogP contribution in [0, 0.1) is 0 Å². The van der Waals surface area contributed by atoms with Crippen molar-refractivity contribution in [3.63, 3.8) is 0 Å². The minimum atomic E-state index is 0.743. The van der Waals surface area contributed by atoms with Crippen LogP contribution in [-0.4, -0.2) is 33.5 Å². The third-order valence-electron chi connectivity index (χ3n) is 5.76. The first kappa shape index (κ1) is 20.2. The van der Waals surface area contributed by atoms with Crippen molar-refractivity contribution in [2.24, 2.45) is 0 Å². The first-order valence-corrected chi connectivity index (χ1v) is 10.7. The molecule has 160 valence electrons. The Morgan fingerprint density at radius 3 is 2.50 bits per heavy atom. The highest BCUT2D eigenvalue weighted by Crippen LogP contribution is 2.24. The Kier molecular flexibility index (Phi) is 5.52. The van der Waals surface area contributed by atoms with Crippen molar-refractivity contribution in [2.75, 3.05) is 19.4 Å². The molecule has 6 heteroatoms. The van der Waals surface area contributed by atoms with Gasteiger partial charge in [0.1, 0.15) is 5.75 Å². The van der Waals surface area contributed by atoms with E-state index in [1.807, 2.05) is 60.8 Å². The number of pyridine rings is 1. The van der Waals surface area contributed by atoms with E-state index >= 15 is 0 Å². The molecule has 0 atom stereocenters. The molecule has 5 rings (SSSR count). The normalized spacial score (nSPS) is 13.5. The van der Waals surface area contributed by atoms with Crippen LogP contribution < -0.4 is 10.5 Å². The Labute approximate surface area is 187 Å². The summed E-state index contributed by atoms with van der Waals surface area (Å²) in [6.45, 7) is 2.56. The Bertz CT molecular complexity index is 1220. The van der Waals surface area contributed by atoms with Gasteiger partial charge in [-0.15, -0.1) is 0 Å². The first-order valence-electron chi connectivity index (χ1n) is 10.7. The zero-order chi connectivity index (χ0) is 21.9. The molecule has 1 aliphatic heterocycles. The number of nitrogens with zero attached hydrogens (tertiary/aromatic N) is 4. The second-order valence-electron chi connectivity index (χ2n) is 7.99. The lowest BCUT2D eigenvalue weighted by molar-refractivity contribution is 0.240. The molecule has 32 heavy (non-hydrogen) atoms. The van der Waals surface area contributed by atoms with Crippen LogP contribution in [0.5, 0.6) is 5.75 Å². The Morgan fingerprint density at radius 2 is 1.72 bits per heavy atom. The smallest absolute Gasteiger partial charge is 0.159 e. The molecule has 0 amide bonds. The highest BCUT2D eigenvalue weighted by Gasteiger charge is 2.19. The number of nitrogens with two attached hydrogens (primary N) is 1. The zero-order valence-corrected chi connectivity index (χ0v) is 18.0. The predicted molar refractivity (Wildman–Crippen MR) is 126 cm³/mol. The van der Waals surface area contributed by atoms with Gasteiger partial charge in [-0.25, -0.2) is 9.97 Å². The highest BCUT2D eigenvalue weighted by atomic mass is 16.5. The lowest BCUT2D eigenvalue weighted by atomic mass is 10.1. The van der Waals surface area contributed by atoms with E-state index in [4.69, 9.17) is 20.4 Å². The summed E-state index contributed by atoms with van der Waals surface area (Å²) >= 11 is 0. The maximum Gasteiger partial charge on any atom is 0.159 e. The third-order valence-corrected chi connectivity index (χ3v) is 5.76. The molecule has 4 aromatic rings. The number of hydrogen-bond acceptors (Lipinski definition) is 6. The lowest BCUT2D eigenvalue weighted by Crippen LogP contribution is -2.31. The summed E-state index contributed by atoms with van der Waals surface area (Å²) < 4.78 is 5.25. The van der Waals surface area contributed by atoms with E-state index in [0.29, 0.717) is 0 Å². The van der Waals surface area contributed by atoms with E-state index in [1.54, 1.807) is 7.11 Å². The monoisotopic (exact) mass is 423 g/mol. The van der Waals surface area contributed by atoms with Crippen molar-refractivity contribution in [3.05, 3.63) is 89.9 Å². The molecule has 3 heterocycles. The average Bonchev–Trinajstić information content (AvgIpc) is 2.84. The van der Waals surface area contributed by atoms with E-state index in [2.05, 4.69) is 22.0 Å². The SMILES string of the molecule is COc1ccc(-c2cccc(CN3CCc4nc(-c5ccc(N)cc5)ncc4C3)n2)cc1. The number of aromatic nitrogens is 3. The van der Waals surface area contributed by atoms with E-state index in [9.17, 15) is 0 Å². The minimum Gasteiger partial charge on any atom is -0.497 e. The van der Waals surface area contributed by atoms with Crippen LogP contribution in [0.15, 0.2) is 72.9 Å². The van der Waals surface area contributed by atoms with Gasteiger partial charge >= 0.3 is 0 Å². The van der Waals surface area contributed by atoms with Crippen molar-refractivity contribution in [3.8, 4) is 28.4 Å². The quantitative estimate of drug-likeness (QED) is 0.481. The Hall–Kier alpha value is -3.77. The maximum absolute atomic E-state index is 5.79. The number of anilines is 1. The summed E-state index contributed by atoms with van der Waals surface area (Å²) in [7, 11) is 1.68. The highest BCUT2D eigenvalue weighted by molar-refractivity contribution is 5.60. The average molecular weight is 424 g/mol. The van der Waals surface area contributed by atoms with Gasteiger partial charge in [0, 0.05) is 54.6 Å². The van der Waals surface area contributed by atoms with Crippen LogP contribution in [-0.2, 0) is 19.5 Å². The van der Waals surface area contributed by atoms with Gasteiger partial charge in [-0.3, -0.25) is 9.88 Å². The number of benzene rings is 2. The van der Waals surface area contributed by atoms with Crippen molar-refractivity contribution in [2.45, 2.75) is 19.5 Å². The molecule has 0 aliphatic carbocycles. The van der Waals surface area contributed by atoms with E-state index in [-0.39, 0.29) is 0 Å². The molecule has 0 saturated carbocycles. The zero-order valence-electron chi connectivity index (χ0n) is 18.0. The topological polar surface area (TPSA) is 77.2 Å². The van der Waals surface area contributed by atoms with Crippen LogP contribution in [0.25, 0.3) is 22.6 Å². The van der Waals surface area contributed by atoms with Crippen LogP contribution in [0.1, 0.15) is 17.0 Å². The molecule has 0 unspecified atom stereocenters. The molecule has 0 fully saturated rings. The van der Waals surface area contributed by atoms with Crippen LogP contribution in [0.4, 0.5) is 5.69 Å². The molecule has 1 aliphatic rings. The van der Waals surface area contributed by atoms with Crippen LogP contribution in [0.3, 0.4) is 0 Å². The van der Waals surface area contributed by atoms with Gasteiger partial charge in [-0.2, -0.15) is 0 Å². The Balaban J connectivity index is 1.29. The summed E-state index contributed by atoms with van der Waals surface area (Å²) in [6, 6.07) is 21.9. The molecule has 2 aromatic heterocycles. The number of nitrogen functional groups attached to an aromatic ring is 1. The molecule has 2 N–H and O–H groups in total. The minimum absolute atomic E-state index is 0.743. The molecule has 0 radical (unpaired) electrons. The van der Waals surface area contributed by atoms with E-state index in [0.717, 1.165) is 71.5 Å². The molecule has 0 bridgehead atoms. The Morgan fingerprint density at radius 1 is 0.938 bits per heavy atom. The number of ether oxygens (including phenoxy) is 1. The number of fused-ring (bicyclic) bond motifs is 1. The van der Waals surface area contributed by atoms with Gasteiger partial charge in [0.15, 0.2) is 5.82 Å². The maximum atomic E-state index is 5.79. The molecular weight excluding hydrogens is 398 g/mol. The standard InChI is InChI=1S/C26H25N5O/c1-32-23-11-7-18(8-12-23)24-4-2-3-22(29-24)17-31-14-13-25-20(16-31)15-28-26(30-25)19-5-9-21(27)10-6-19/h2-12,15H,13-14,16-17,27H2,1H3. The summed E-state index contributed by atoms with van der Waals surface area (Å²) in [5.41, 5.74) is 12.9. The summed E-state index contributed by atoms with van der Waals surface area (Å²) in [4.78, 5) is 16.7. The van der Waals surface area contributed by atoms with Crippen LogP contribution >= 0.6 is 0 Å². The van der Waals surface area contributed by atoms with Crippen LogP contribution in [0.2, 0.25) is 0 Å². The van der Waals surface area contributed by atoms with E-state index in [1.165, 1.54) is 5.56 Å². The van der Waals surface area contributed by atoms with Crippen molar-refractivity contribution < 1.29 is 4.74 Å². The summed E-state index contributed by atoms with van der Waals surface area (Å²) in [6.07, 6.45) is 2.86. The van der Waals surface area contributed by atoms with Crippen molar-refractivity contribution in [1.82, 2.24) is 19.9 Å². The molecule has 0 spiro atoms. The van der Waals surface area contributed by atoms with Gasteiger partial charge in [-0.1, -0.05) is 6.07 Å². The summed E-state index contributed by atoms with van der Waals surface area (Å²) in [5.74, 6) is 1.60. The second-order valence-corrected chi connectivity index (χ2v) is 7.99. The summed E-state index contributed by atoms with van der Waals surface area (Å²) in [5, 5.41) is 0. The van der Waals surface area contributed by atoms with Gasteiger partial charge in [0.25, 0.3) is 0 Å². The fourth-order valence-electron chi connectivity index (χ4n) is 4.00.